The summed E-state index contributed by atoms with van der Waals surface area (Å²) in [6, 6.07) is 14.0. The Bertz CT molecular complexity index is 1400. The smallest absolute Gasteiger partial charge is 0.508 e. The first-order valence-electron chi connectivity index (χ1n) is 11.6. The Balaban J connectivity index is 1.67. The Morgan fingerprint density at radius 2 is 1.38 bits per heavy atom. The molecule has 0 aromatic heterocycles. The van der Waals surface area contributed by atoms with E-state index >= 15 is 0 Å². The second kappa shape index (κ2) is 10.7. The number of amides is 2. The third-order valence-corrected chi connectivity index (χ3v) is 7.65. The van der Waals surface area contributed by atoms with Gasteiger partial charge in [0.25, 0.3) is 0 Å². The van der Waals surface area contributed by atoms with Crippen molar-refractivity contribution in [3.05, 3.63) is 89.7 Å². The number of alkyl halides is 3. The summed E-state index contributed by atoms with van der Waals surface area (Å²) >= 11 is 0. The zero-order valence-electron chi connectivity index (χ0n) is 20.2. The van der Waals surface area contributed by atoms with Gasteiger partial charge in [0, 0.05) is 0 Å². The molecule has 0 bridgehead atoms. The van der Waals surface area contributed by atoms with Crippen LogP contribution in [0, 0.1) is 5.82 Å². The van der Waals surface area contributed by atoms with Gasteiger partial charge in [0.15, 0.2) is 0 Å². The van der Waals surface area contributed by atoms with Gasteiger partial charge in [-0.3, -0.25) is 14.5 Å². The summed E-state index contributed by atoms with van der Waals surface area (Å²) in [5.41, 5.74) is 0.703. The maximum atomic E-state index is 13.7. The van der Waals surface area contributed by atoms with Crippen molar-refractivity contribution in [2.45, 2.75) is 42.6 Å². The van der Waals surface area contributed by atoms with Crippen molar-refractivity contribution < 1.29 is 45.4 Å². The van der Waals surface area contributed by atoms with E-state index in [1.165, 1.54) is 43.3 Å². The Morgan fingerprint density at radius 3 is 1.85 bits per heavy atom. The highest BCUT2D eigenvalue weighted by Gasteiger charge is 2.51. The van der Waals surface area contributed by atoms with E-state index in [0.29, 0.717) is 11.1 Å². The number of aromatic hydroxyl groups is 1. The largest absolute Gasteiger partial charge is 0.573 e. The lowest BCUT2D eigenvalue weighted by Gasteiger charge is -2.26. The number of rotatable bonds is 8. The van der Waals surface area contributed by atoms with Crippen molar-refractivity contribution in [1.29, 1.82) is 0 Å². The molecule has 3 aromatic rings. The average Bonchev–Trinajstić information content (AvgIpc) is 3.13. The first-order valence-corrected chi connectivity index (χ1v) is 13.1. The second-order valence-electron chi connectivity index (χ2n) is 8.71. The third-order valence-electron chi connectivity index (χ3n) is 6.18. The van der Waals surface area contributed by atoms with Crippen LogP contribution in [0.5, 0.6) is 11.5 Å². The van der Waals surface area contributed by atoms with Gasteiger partial charge in [0.05, 0.1) is 16.7 Å². The van der Waals surface area contributed by atoms with Crippen LogP contribution in [0.15, 0.2) is 77.7 Å². The predicted octanol–water partition coefficient (Wildman–Crippen LogP) is 4.38. The molecule has 0 spiro atoms. The zero-order valence-corrected chi connectivity index (χ0v) is 21.0. The summed E-state index contributed by atoms with van der Waals surface area (Å²) < 4.78 is 83.0. The molecule has 0 aliphatic carbocycles. The summed E-state index contributed by atoms with van der Waals surface area (Å²) in [4.78, 5) is 27.7. The minimum atomic E-state index is -4.96. The number of carbonyl (C=O) groups is 2. The molecule has 0 saturated carbocycles. The highest BCUT2D eigenvalue weighted by molar-refractivity contribution is 7.89. The van der Waals surface area contributed by atoms with Crippen LogP contribution in [0.25, 0.3) is 0 Å². The molecule has 1 fully saturated rings. The van der Waals surface area contributed by atoms with Gasteiger partial charge in [-0.05, 0) is 66.1 Å². The van der Waals surface area contributed by atoms with Crippen LogP contribution >= 0.6 is 0 Å². The Morgan fingerprint density at radius 1 is 0.897 bits per heavy atom. The number of hydrogen-bond donors (Lipinski definition) is 2. The fraction of sp³-hybridized carbons (Fsp3) is 0.231. The fourth-order valence-corrected chi connectivity index (χ4v) is 5.67. The number of halogens is 4. The summed E-state index contributed by atoms with van der Waals surface area (Å²) in [5.74, 6) is -4.91. The number of nitrogens with zero attached hydrogens (tertiary/aromatic N) is 1. The zero-order chi connectivity index (χ0) is 28.5. The summed E-state index contributed by atoms with van der Waals surface area (Å²) in [7, 11) is -4.41. The molecular formula is C26H22F4N2O6S. The van der Waals surface area contributed by atoms with Gasteiger partial charge in [0.1, 0.15) is 23.5 Å². The van der Waals surface area contributed by atoms with Crippen LogP contribution in [-0.2, 0) is 19.6 Å². The number of ether oxygens (including phenoxy) is 1. The summed E-state index contributed by atoms with van der Waals surface area (Å²) in [6.07, 6.45) is -6.34. The molecule has 8 nitrogen and oxygen atoms in total. The maximum Gasteiger partial charge on any atom is 0.573 e. The SMILES string of the molecule is CCC(NS(=O)(=O)c1ccc(OC(F)(F)F)cc1)N1C(=O)C(c2ccc(O)cc2)C(c2ccc(F)cc2)C1=O. The minimum absolute atomic E-state index is 0.0373. The number of benzene rings is 3. The lowest BCUT2D eigenvalue weighted by atomic mass is 9.83. The molecule has 3 unspecified atom stereocenters. The molecular weight excluding hydrogens is 544 g/mol. The molecule has 13 heteroatoms. The number of likely N-dealkylation sites (tertiary alicyclic amines) is 1. The Kier molecular flexibility index (Phi) is 7.66. The van der Waals surface area contributed by atoms with Crippen LogP contribution < -0.4 is 9.46 Å². The highest BCUT2D eigenvalue weighted by atomic mass is 32.2. The van der Waals surface area contributed by atoms with Gasteiger partial charge in [-0.1, -0.05) is 31.2 Å². The molecule has 3 aromatic carbocycles. The van der Waals surface area contributed by atoms with E-state index in [1.54, 1.807) is 0 Å². The lowest BCUT2D eigenvalue weighted by molar-refractivity contribution is -0.274. The molecule has 2 amide bonds. The van der Waals surface area contributed by atoms with Crippen LogP contribution in [-0.4, -0.2) is 42.8 Å². The number of hydrogen-bond acceptors (Lipinski definition) is 6. The van der Waals surface area contributed by atoms with Crippen LogP contribution in [0.1, 0.15) is 36.3 Å². The molecule has 1 saturated heterocycles. The second-order valence-corrected chi connectivity index (χ2v) is 10.4. The number of imide groups is 1. The van der Waals surface area contributed by atoms with Crippen molar-refractivity contribution >= 4 is 21.8 Å². The molecule has 3 atom stereocenters. The quantitative estimate of drug-likeness (QED) is 0.309. The van der Waals surface area contributed by atoms with Crippen molar-refractivity contribution in [3.63, 3.8) is 0 Å². The average molecular weight is 567 g/mol. The van der Waals surface area contributed by atoms with Gasteiger partial charge in [-0.25, -0.2) is 12.8 Å². The van der Waals surface area contributed by atoms with E-state index in [2.05, 4.69) is 9.46 Å². The summed E-state index contributed by atoms with van der Waals surface area (Å²) in [6.45, 7) is 1.54. The minimum Gasteiger partial charge on any atom is -0.508 e. The van der Waals surface area contributed by atoms with Crippen molar-refractivity contribution in [3.8, 4) is 11.5 Å². The molecule has 2 N–H and O–H groups in total. The number of phenols is 1. The molecule has 0 radical (unpaired) electrons. The van der Waals surface area contributed by atoms with E-state index in [4.69, 9.17) is 0 Å². The molecule has 1 heterocycles. The number of sulfonamides is 1. The standard InChI is InChI=1S/C26H22F4N2O6S/c1-2-21(31-39(36,37)20-13-11-19(12-14-20)38-26(28,29)30)32-24(34)22(15-3-7-17(27)8-4-15)23(25(32)35)16-5-9-18(33)10-6-16/h3-14,21-23,31,33H,2H2,1H3. The molecule has 39 heavy (non-hydrogen) atoms. The maximum absolute atomic E-state index is 13.7. The van der Waals surface area contributed by atoms with Crippen LogP contribution in [0.4, 0.5) is 17.6 Å². The molecule has 1 aliphatic rings. The lowest BCUT2D eigenvalue weighted by Crippen LogP contribution is -2.50. The van der Waals surface area contributed by atoms with Crippen LogP contribution in [0.3, 0.4) is 0 Å². The van der Waals surface area contributed by atoms with Crippen molar-refractivity contribution in [2.75, 3.05) is 0 Å². The fourth-order valence-electron chi connectivity index (χ4n) is 4.41. The Labute approximate surface area is 220 Å². The van der Waals surface area contributed by atoms with Crippen molar-refractivity contribution in [2.24, 2.45) is 0 Å². The highest BCUT2D eigenvalue weighted by Crippen LogP contribution is 2.43. The van der Waals surface area contributed by atoms with Crippen LogP contribution in [0.2, 0.25) is 0 Å². The normalized spacial score (nSPS) is 18.8. The first kappa shape index (κ1) is 28.0. The van der Waals surface area contributed by atoms with E-state index in [-0.39, 0.29) is 12.2 Å². The third kappa shape index (κ3) is 6.04. The molecule has 4 rings (SSSR count). The van der Waals surface area contributed by atoms with Gasteiger partial charge in [-0.15, -0.1) is 13.2 Å². The summed E-state index contributed by atoms with van der Waals surface area (Å²) in [5, 5.41) is 9.67. The van der Waals surface area contributed by atoms with E-state index in [0.717, 1.165) is 41.3 Å². The van der Waals surface area contributed by atoms with E-state index < -0.39 is 62.7 Å². The van der Waals surface area contributed by atoms with Gasteiger partial charge < -0.3 is 9.84 Å². The topological polar surface area (TPSA) is 113 Å². The van der Waals surface area contributed by atoms with E-state index in [1.807, 2.05) is 0 Å². The van der Waals surface area contributed by atoms with Gasteiger partial charge in [-0.2, -0.15) is 4.72 Å². The molecule has 206 valence electrons. The Hall–Kier alpha value is -3.97. The predicted molar refractivity (Wildman–Crippen MR) is 129 cm³/mol. The number of phenolic OH excluding ortho intramolecular Hbond substituents is 1. The van der Waals surface area contributed by atoms with Crippen molar-refractivity contribution in [1.82, 2.24) is 9.62 Å². The van der Waals surface area contributed by atoms with Gasteiger partial charge in [0.2, 0.25) is 21.8 Å². The number of nitrogens with one attached hydrogen (secondary N) is 1. The van der Waals surface area contributed by atoms with Gasteiger partial charge >= 0.3 is 6.36 Å². The molecule has 1 aliphatic heterocycles. The monoisotopic (exact) mass is 566 g/mol. The van der Waals surface area contributed by atoms with E-state index in [9.17, 15) is 40.7 Å². The first-order chi connectivity index (χ1) is 18.3. The number of carbonyl (C=O) groups excluding carboxylic acids is 2.